The van der Waals surface area contributed by atoms with E-state index in [2.05, 4.69) is 5.32 Å². The van der Waals surface area contributed by atoms with Crippen LogP contribution < -0.4 is 5.32 Å². The highest BCUT2D eigenvalue weighted by atomic mass is 16.4. The molecule has 2 saturated carbocycles. The van der Waals surface area contributed by atoms with Gasteiger partial charge >= 0.3 is 5.97 Å². The van der Waals surface area contributed by atoms with E-state index in [1.807, 2.05) is 6.92 Å². The Morgan fingerprint density at radius 2 is 1.80 bits per heavy atom. The molecule has 3 heteroatoms. The van der Waals surface area contributed by atoms with Gasteiger partial charge in [-0.05, 0) is 38.5 Å². The third-order valence-corrected chi connectivity index (χ3v) is 3.95. The predicted octanol–water partition coefficient (Wildman–Crippen LogP) is 2.16. The van der Waals surface area contributed by atoms with E-state index in [9.17, 15) is 9.90 Å². The summed E-state index contributed by atoms with van der Waals surface area (Å²) in [5.74, 6) is -0.342. The summed E-state index contributed by atoms with van der Waals surface area (Å²) in [6.45, 7) is 1.88. The minimum absolute atomic E-state index is 0.323. The molecule has 3 nitrogen and oxygen atoms in total. The Hall–Kier alpha value is -0.570. The van der Waals surface area contributed by atoms with Crippen molar-refractivity contribution in [3.63, 3.8) is 0 Å². The molecule has 0 aromatic heterocycles. The second-order valence-corrected chi connectivity index (χ2v) is 5.26. The molecule has 0 heterocycles. The maximum absolute atomic E-state index is 11.4. The molecule has 0 spiro atoms. The Bertz CT molecular complexity index is 244. The minimum atomic E-state index is -0.679. The summed E-state index contributed by atoms with van der Waals surface area (Å²) in [4.78, 5) is 11.4. The molecule has 2 rings (SSSR count). The molecule has 0 bridgehead atoms. The second kappa shape index (κ2) is 4.12. The zero-order valence-electron chi connectivity index (χ0n) is 9.46. The monoisotopic (exact) mass is 211 g/mol. The van der Waals surface area contributed by atoms with Crippen molar-refractivity contribution in [1.29, 1.82) is 0 Å². The maximum Gasteiger partial charge on any atom is 0.323 e. The van der Waals surface area contributed by atoms with Crippen molar-refractivity contribution in [2.45, 2.75) is 63.5 Å². The lowest BCUT2D eigenvalue weighted by Crippen LogP contribution is -2.56. The van der Waals surface area contributed by atoms with Gasteiger partial charge in [0.25, 0.3) is 0 Å². The van der Waals surface area contributed by atoms with E-state index in [1.54, 1.807) is 0 Å². The van der Waals surface area contributed by atoms with Crippen molar-refractivity contribution in [1.82, 2.24) is 5.32 Å². The highest BCUT2D eigenvalue weighted by Gasteiger charge is 2.44. The quantitative estimate of drug-likeness (QED) is 0.749. The van der Waals surface area contributed by atoms with Crippen LogP contribution in [0.25, 0.3) is 0 Å². The molecule has 0 radical (unpaired) electrons. The average Bonchev–Trinajstić information content (AvgIpc) is 3.02. The number of carbonyl (C=O) groups is 1. The molecule has 2 aliphatic rings. The summed E-state index contributed by atoms with van der Waals surface area (Å²) in [7, 11) is 0. The van der Waals surface area contributed by atoms with E-state index in [1.165, 1.54) is 19.3 Å². The molecule has 0 saturated heterocycles. The highest BCUT2D eigenvalue weighted by Crippen LogP contribution is 2.35. The number of hydrogen-bond acceptors (Lipinski definition) is 2. The number of hydrogen-bond donors (Lipinski definition) is 2. The van der Waals surface area contributed by atoms with Gasteiger partial charge < -0.3 is 5.11 Å². The van der Waals surface area contributed by atoms with E-state index in [-0.39, 0.29) is 0 Å². The summed E-state index contributed by atoms with van der Waals surface area (Å²) < 4.78 is 0. The number of nitrogens with one attached hydrogen (secondary N) is 1. The lowest BCUT2D eigenvalue weighted by Gasteiger charge is -2.37. The number of carboxylic acids is 1. The van der Waals surface area contributed by atoms with Gasteiger partial charge in [-0.2, -0.15) is 0 Å². The van der Waals surface area contributed by atoms with Gasteiger partial charge in [0.2, 0.25) is 0 Å². The fourth-order valence-corrected chi connectivity index (χ4v) is 2.69. The maximum atomic E-state index is 11.4. The molecule has 0 aromatic rings. The Labute approximate surface area is 91.2 Å². The summed E-state index contributed by atoms with van der Waals surface area (Å²) >= 11 is 0. The van der Waals surface area contributed by atoms with Crippen LogP contribution in [0.4, 0.5) is 0 Å². The molecular formula is C12H21NO2. The first-order valence-electron chi connectivity index (χ1n) is 6.14. The van der Waals surface area contributed by atoms with Crippen molar-refractivity contribution < 1.29 is 9.90 Å². The van der Waals surface area contributed by atoms with Gasteiger partial charge in [-0.1, -0.05) is 19.3 Å². The van der Waals surface area contributed by atoms with Gasteiger partial charge in [0.15, 0.2) is 0 Å². The van der Waals surface area contributed by atoms with E-state index < -0.39 is 11.5 Å². The van der Waals surface area contributed by atoms with Gasteiger partial charge in [0.05, 0.1) is 0 Å². The van der Waals surface area contributed by atoms with E-state index in [0.717, 1.165) is 25.7 Å². The van der Waals surface area contributed by atoms with Crippen LogP contribution in [0, 0.1) is 5.92 Å². The van der Waals surface area contributed by atoms with Crippen LogP contribution in [0.2, 0.25) is 0 Å². The summed E-state index contributed by atoms with van der Waals surface area (Å²) in [6, 6.07) is 0.466. The van der Waals surface area contributed by atoms with Crippen molar-refractivity contribution in [3.8, 4) is 0 Å². The molecule has 1 atom stereocenters. The van der Waals surface area contributed by atoms with Crippen LogP contribution in [-0.4, -0.2) is 22.7 Å². The molecular weight excluding hydrogens is 190 g/mol. The molecule has 0 amide bonds. The highest BCUT2D eigenvalue weighted by molar-refractivity contribution is 5.78. The van der Waals surface area contributed by atoms with E-state index >= 15 is 0 Å². The largest absolute Gasteiger partial charge is 0.480 e. The number of rotatable bonds is 4. The first-order chi connectivity index (χ1) is 7.13. The Kier molecular flexibility index (Phi) is 3.01. The summed E-state index contributed by atoms with van der Waals surface area (Å²) in [5.41, 5.74) is -0.679. The Morgan fingerprint density at radius 3 is 2.27 bits per heavy atom. The lowest BCUT2D eigenvalue weighted by molar-refractivity contribution is -0.147. The van der Waals surface area contributed by atoms with Crippen LogP contribution in [0.5, 0.6) is 0 Å². The molecule has 2 fully saturated rings. The molecule has 86 valence electrons. The van der Waals surface area contributed by atoms with Crippen molar-refractivity contribution in [2.75, 3.05) is 0 Å². The molecule has 2 aliphatic carbocycles. The fourth-order valence-electron chi connectivity index (χ4n) is 2.69. The normalized spacial score (nSPS) is 27.3. The zero-order valence-corrected chi connectivity index (χ0v) is 9.46. The van der Waals surface area contributed by atoms with Crippen LogP contribution in [0.15, 0.2) is 0 Å². The van der Waals surface area contributed by atoms with Gasteiger partial charge in [0.1, 0.15) is 5.54 Å². The van der Waals surface area contributed by atoms with Crippen molar-refractivity contribution >= 4 is 5.97 Å². The molecule has 0 aromatic carbocycles. The van der Waals surface area contributed by atoms with Crippen LogP contribution in [0.3, 0.4) is 0 Å². The lowest BCUT2D eigenvalue weighted by atomic mass is 9.75. The average molecular weight is 211 g/mol. The number of carboxylic acid groups (broad SMARTS) is 1. The molecule has 2 N–H and O–H groups in total. The predicted molar refractivity (Wildman–Crippen MR) is 58.8 cm³/mol. The van der Waals surface area contributed by atoms with E-state index in [0.29, 0.717) is 12.0 Å². The first kappa shape index (κ1) is 10.9. The molecule has 1 unspecified atom stereocenters. The van der Waals surface area contributed by atoms with Crippen molar-refractivity contribution in [3.05, 3.63) is 0 Å². The smallest absolute Gasteiger partial charge is 0.323 e. The second-order valence-electron chi connectivity index (χ2n) is 5.26. The van der Waals surface area contributed by atoms with E-state index in [4.69, 9.17) is 0 Å². The SMILES string of the molecule is CC(NC1CC1)(C(=O)O)C1CCCCC1. The summed E-state index contributed by atoms with van der Waals surface area (Å²) in [5, 5.41) is 12.7. The standard InChI is InChI=1S/C12H21NO2/c1-12(11(14)15,13-10-7-8-10)9-5-3-2-4-6-9/h9-10,13H,2-8H2,1H3,(H,14,15). The first-order valence-corrected chi connectivity index (χ1v) is 6.14. The topological polar surface area (TPSA) is 49.3 Å². The van der Waals surface area contributed by atoms with Crippen LogP contribution in [0.1, 0.15) is 51.9 Å². The Morgan fingerprint density at radius 1 is 1.20 bits per heavy atom. The fraction of sp³-hybridized carbons (Fsp3) is 0.917. The zero-order chi connectivity index (χ0) is 10.9. The third-order valence-electron chi connectivity index (χ3n) is 3.95. The van der Waals surface area contributed by atoms with Crippen LogP contribution >= 0.6 is 0 Å². The summed E-state index contributed by atoms with van der Waals surface area (Å²) in [6.07, 6.45) is 8.10. The van der Waals surface area contributed by atoms with Gasteiger partial charge in [-0.3, -0.25) is 10.1 Å². The van der Waals surface area contributed by atoms with Gasteiger partial charge in [0, 0.05) is 6.04 Å². The van der Waals surface area contributed by atoms with Gasteiger partial charge in [-0.25, -0.2) is 0 Å². The Balaban J connectivity index is 2.04. The molecule has 0 aliphatic heterocycles. The third kappa shape index (κ3) is 2.33. The van der Waals surface area contributed by atoms with Crippen molar-refractivity contribution in [2.24, 2.45) is 5.92 Å². The molecule has 15 heavy (non-hydrogen) atoms. The minimum Gasteiger partial charge on any atom is -0.480 e. The van der Waals surface area contributed by atoms with Gasteiger partial charge in [-0.15, -0.1) is 0 Å². The number of aliphatic carboxylic acids is 1. The van der Waals surface area contributed by atoms with Crippen LogP contribution in [-0.2, 0) is 4.79 Å².